The maximum absolute atomic E-state index is 13.2. The minimum atomic E-state index is -0.821. The minimum Gasteiger partial charge on any atom is -0.507 e. The van der Waals surface area contributed by atoms with Crippen molar-refractivity contribution >= 4 is 18.2 Å². The molecule has 170 valence electrons. The number of aliphatic hydroxyl groups excluding tert-OH is 1. The summed E-state index contributed by atoms with van der Waals surface area (Å²) in [5, 5.41) is 11.1. The molecule has 2 saturated heterocycles. The first-order chi connectivity index (χ1) is 14.6. The Morgan fingerprint density at radius 2 is 2.03 bits per heavy atom. The predicted octanol–water partition coefficient (Wildman–Crippen LogP) is 2.62. The minimum absolute atomic E-state index is 0.0555. The summed E-state index contributed by atoms with van der Waals surface area (Å²) in [7, 11) is 1.58. The van der Waals surface area contributed by atoms with Gasteiger partial charge in [0.15, 0.2) is 6.29 Å². The molecule has 2 aliphatic carbocycles. The van der Waals surface area contributed by atoms with Crippen molar-refractivity contribution in [1.29, 1.82) is 0 Å². The molecule has 0 radical (unpaired) electrons. The Bertz CT molecular complexity index is 884. The van der Waals surface area contributed by atoms with Crippen LogP contribution in [0.25, 0.3) is 0 Å². The van der Waals surface area contributed by atoms with E-state index in [4.69, 9.17) is 18.9 Å². The summed E-state index contributed by atoms with van der Waals surface area (Å²) >= 11 is 0. The van der Waals surface area contributed by atoms with E-state index in [1.165, 1.54) is 6.92 Å². The van der Waals surface area contributed by atoms with Gasteiger partial charge in [0.05, 0.1) is 12.2 Å². The first kappa shape index (κ1) is 22.0. The van der Waals surface area contributed by atoms with E-state index in [9.17, 15) is 19.5 Å². The fourth-order valence-electron chi connectivity index (χ4n) is 6.50. The molecule has 0 amide bonds. The number of hydrogen-bond acceptors (Lipinski definition) is 8. The normalized spacial score (nSPS) is 39.1. The smallest absolute Gasteiger partial charge is 0.338 e. The second-order valence-electron chi connectivity index (χ2n) is 9.79. The van der Waals surface area contributed by atoms with Crippen molar-refractivity contribution in [3.05, 3.63) is 22.5 Å². The Morgan fingerprint density at radius 3 is 2.65 bits per heavy atom. The molecule has 0 bridgehead atoms. The van der Waals surface area contributed by atoms with Gasteiger partial charge < -0.3 is 24.1 Å². The monoisotopic (exact) mass is 434 g/mol. The van der Waals surface area contributed by atoms with Crippen LogP contribution in [0.1, 0.15) is 47.0 Å². The SMILES string of the molecule is CO[C@@H]1OC[C@@]23[C@H](CCC(C)(C)[C@@H]12)OC(=O)C1=C(O)C(C)=C(C=O)C[C@@H](OC(C)=O)[C@H]13. The third kappa shape index (κ3) is 3.06. The Balaban J connectivity index is 1.98. The van der Waals surface area contributed by atoms with E-state index < -0.39 is 41.8 Å². The highest BCUT2D eigenvalue weighted by atomic mass is 16.7. The summed E-state index contributed by atoms with van der Waals surface area (Å²) in [6.07, 6.45) is 0.339. The maximum Gasteiger partial charge on any atom is 0.338 e. The van der Waals surface area contributed by atoms with Crippen LogP contribution in [0.2, 0.25) is 0 Å². The van der Waals surface area contributed by atoms with Gasteiger partial charge in [0.1, 0.15) is 24.3 Å². The van der Waals surface area contributed by atoms with E-state index in [-0.39, 0.29) is 35.7 Å². The zero-order chi connectivity index (χ0) is 22.7. The fraction of sp³-hybridized carbons (Fsp3) is 0.696. The van der Waals surface area contributed by atoms with Crippen LogP contribution >= 0.6 is 0 Å². The van der Waals surface area contributed by atoms with Crippen molar-refractivity contribution in [2.45, 2.75) is 65.5 Å². The van der Waals surface area contributed by atoms with Gasteiger partial charge >= 0.3 is 11.9 Å². The summed E-state index contributed by atoms with van der Waals surface area (Å²) in [4.78, 5) is 37.0. The molecular formula is C23H30O8. The molecule has 31 heavy (non-hydrogen) atoms. The van der Waals surface area contributed by atoms with Crippen molar-refractivity contribution in [3.63, 3.8) is 0 Å². The van der Waals surface area contributed by atoms with Gasteiger partial charge in [0.2, 0.25) is 0 Å². The zero-order valence-electron chi connectivity index (χ0n) is 18.6. The molecule has 6 atom stereocenters. The number of carbonyl (C=O) groups excluding carboxylic acids is 3. The molecule has 1 N–H and O–H groups in total. The van der Waals surface area contributed by atoms with Gasteiger partial charge in [-0.2, -0.15) is 0 Å². The molecule has 0 aromatic rings. The summed E-state index contributed by atoms with van der Waals surface area (Å²) in [5.74, 6) is -2.31. The second-order valence-corrected chi connectivity index (χ2v) is 9.79. The lowest BCUT2D eigenvalue weighted by Gasteiger charge is -2.58. The van der Waals surface area contributed by atoms with Gasteiger partial charge in [-0.1, -0.05) is 13.8 Å². The number of allylic oxidation sites excluding steroid dienone is 1. The number of methoxy groups -OCH3 is 1. The molecule has 1 spiro atoms. The molecule has 3 fully saturated rings. The van der Waals surface area contributed by atoms with Gasteiger partial charge in [-0.05, 0) is 30.8 Å². The Morgan fingerprint density at radius 1 is 1.32 bits per heavy atom. The van der Waals surface area contributed by atoms with Crippen molar-refractivity contribution in [1.82, 2.24) is 0 Å². The first-order valence-electron chi connectivity index (χ1n) is 10.7. The lowest BCUT2D eigenvalue weighted by molar-refractivity contribution is -0.208. The third-order valence-corrected chi connectivity index (χ3v) is 7.78. The number of ether oxygens (including phenoxy) is 4. The van der Waals surface area contributed by atoms with Gasteiger partial charge in [-0.15, -0.1) is 0 Å². The Kier molecular flexibility index (Phi) is 5.29. The molecule has 4 aliphatic rings. The summed E-state index contributed by atoms with van der Waals surface area (Å²) in [6, 6.07) is 0. The van der Waals surface area contributed by atoms with Gasteiger partial charge in [-0.25, -0.2) is 4.79 Å². The van der Waals surface area contributed by atoms with Gasteiger partial charge in [0.25, 0.3) is 0 Å². The summed E-state index contributed by atoms with van der Waals surface area (Å²) < 4.78 is 23.4. The Labute approximate surface area is 181 Å². The van der Waals surface area contributed by atoms with Crippen LogP contribution in [0.5, 0.6) is 0 Å². The number of rotatable bonds is 3. The Hall–Kier alpha value is -2.19. The molecule has 4 rings (SSSR count). The summed E-state index contributed by atoms with van der Waals surface area (Å²) in [5.41, 5.74) is -0.343. The highest BCUT2D eigenvalue weighted by Crippen LogP contribution is 2.65. The van der Waals surface area contributed by atoms with Gasteiger partial charge in [0, 0.05) is 43.3 Å². The lowest BCUT2D eigenvalue weighted by Crippen LogP contribution is -2.64. The van der Waals surface area contributed by atoms with E-state index in [0.29, 0.717) is 23.9 Å². The highest BCUT2D eigenvalue weighted by Gasteiger charge is 2.71. The highest BCUT2D eigenvalue weighted by molar-refractivity contribution is 5.93. The molecule has 2 aliphatic heterocycles. The molecular weight excluding hydrogens is 404 g/mol. The predicted molar refractivity (Wildman–Crippen MR) is 108 cm³/mol. The van der Waals surface area contributed by atoms with E-state index in [1.54, 1.807) is 14.0 Å². The van der Waals surface area contributed by atoms with E-state index in [0.717, 1.165) is 6.42 Å². The van der Waals surface area contributed by atoms with Crippen LogP contribution in [0.3, 0.4) is 0 Å². The number of esters is 2. The average molecular weight is 434 g/mol. The van der Waals surface area contributed by atoms with Crippen LogP contribution in [0.15, 0.2) is 22.5 Å². The molecule has 0 aromatic heterocycles. The van der Waals surface area contributed by atoms with Crippen LogP contribution < -0.4 is 0 Å². The van der Waals surface area contributed by atoms with Crippen LogP contribution in [0.4, 0.5) is 0 Å². The van der Waals surface area contributed by atoms with Crippen molar-refractivity contribution < 1.29 is 38.4 Å². The first-order valence-corrected chi connectivity index (χ1v) is 10.7. The van der Waals surface area contributed by atoms with Crippen molar-refractivity contribution in [2.75, 3.05) is 13.7 Å². The van der Waals surface area contributed by atoms with E-state index in [2.05, 4.69) is 13.8 Å². The quantitative estimate of drug-likeness (QED) is 0.533. The standard InChI is InChI=1S/C23H30O8/c1-11-13(9-24)8-14(30-12(2)25)17-16(18(11)26)20(27)31-15-6-7-22(3,4)19-21(28-5)29-10-23(15,17)19/h9,14-15,17,19,21,26H,6-8,10H2,1-5H3/t14-,15+,17-,19-,21-,23+/m1/s1. The van der Waals surface area contributed by atoms with Crippen molar-refractivity contribution in [3.8, 4) is 0 Å². The average Bonchev–Trinajstić information content (AvgIpc) is 3.06. The van der Waals surface area contributed by atoms with Crippen LogP contribution in [0, 0.1) is 22.7 Å². The maximum atomic E-state index is 13.2. The lowest BCUT2D eigenvalue weighted by atomic mass is 9.48. The van der Waals surface area contributed by atoms with E-state index in [1.807, 2.05) is 0 Å². The number of hydrogen-bond donors (Lipinski definition) is 1. The summed E-state index contributed by atoms with van der Waals surface area (Å²) in [6.45, 7) is 7.38. The fourth-order valence-corrected chi connectivity index (χ4v) is 6.50. The molecule has 8 nitrogen and oxygen atoms in total. The van der Waals surface area contributed by atoms with Gasteiger partial charge in [-0.3, -0.25) is 9.59 Å². The number of aldehydes is 1. The topological polar surface area (TPSA) is 108 Å². The second kappa shape index (κ2) is 7.45. The third-order valence-electron chi connectivity index (χ3n) is 7.78. The largest absolute Gasteiger partial charge is 0.507 e. The van der Waals surface area contributed by atoms with Crippen LogP contribution in [-0.4, -0.2) is 55.5 Å². The van der Waals surface area contributed by atoms with Crippen LogP contribution in [-0.2, 0) is 33.3 Å². The number of aliphatic hydroxyl groups is 1. The van der Waals surface area contributed by atoms with Crippen molar-refractivity contribution in [2.24, 2.45) is 22.7 Å². The number of fused-ring (bicyclic) bond motifs is 1. The molecule has 0 unspecified atom stereocenters. The molecule has 1 saturated carbocycles. The zero-order valence-corrected chi connectivity index (χ0v) is 18.6. The molecule has 2 heterocycles. The molecule has 0 aromatic carbocycles. The van der Waals surface area contributed by atoms with E-state index >= 15 is 0 Å². The molecule has 8 heteroatoms. The number of carbonyl (C=O) groups is 3.